The lowest BCUT2D eigenvalue weighted by Crippen LogP contribution is -2.47. The van der Waals surface area contributed by atoms with Crippen LogP contribution in [0, 0.1) is 11.8 Å². The van der Waals surface area contributed by atoms with E-state index in [4.69, 9.17) is 0 Å². The lowest BCUT2D eigenvalue weighted by molar-refractivity contribution is 0.219. The molecule has 106 valence electrons. The van der Waals surface area contributed by atoms with E-state index in [0.717, 1.165) is 29.2 Å². The molecule has 0 aromatic heterocycles. The molecule has 0 bridgehead atoms. The van der Waals surface area contributed by atoms with Gasteiger partial charge in [0.15, 0.2) is 0 Å². The van der Waals surface area contributed by atoms with Gasteiger partial charge in [-0.25, -0.2) is 0 Å². The van der Waals surface area contributed by atoms with E-state index in [0.29, 0.717) is 0 Å². The molecule has 2 aliphatic carbocycles. The van der Waals surface area contributed by atoms with Crippen LogP contribution in [0.3, 0.4) is 0 Å². The summed E-state index contributed by atoms with van der Waals surface area (Å²) in [6.45, 7) is 4.78. The molecule has 2 fully saturated rings. The highest BCUT2D eigenvalue weighted by Gasteiger charge is 2.29. The molecular weight excluding hydrogens is 238 g/mol. The van der Waals surface area contributed by atoms with Gasteiger partial charge in [0.1, 0.15) is 0 Å². The summed E-state index contributed by atoms with van der Waals surface area (Å²) in [6.07, 6.45) is 13.8. The molecular formula is C16H31NS. The SMILES string of the molecule is CSC1CCCCC1NC1CCC(C(C)C)CC1. The van der Waals surface area contributed by atoms with Crippen LogP contribution in [-0.2, 0) is 0 Å². The zero-order chi connectivity index (χ0) is 13.0. The molecule has 0 radical (unpaired) electrons. The topological polar surface area (TPSA) is 12.0 Å². The molecule has 0 spiro atoms. The van der Waals surface area contributed by atoms with Gasteiger partial charge in [-0.2, -0.15) is 11.8 Å². The second-order valence-electron chi connectivity index (χ2n) is 6.69. The minimum atomic E-state index is 0.800. The minimum absolute atomic E-state index is 0.800. The molecule has 1 nitrogen and oxygen atoms in total. The van der Waals surface area contributed by atoms with Crippen molar-refractivity contribution in [3.63, 3.8) is 0 Å². The van der Waals surface area contributed by atoms with Crippen LogP contribution in [0.1, 0.15) is 65.2 Å². The third-order valence-electron chi connectivity index (χ3n) is 5.17. The van der Waals surface area contributed by atoms with Gasteiger partial charge >= 0.3 is 0 Å². The molecule has 2 rings (SSSR count). The highest BCUT2D eigenvalue weighted by Crippen LogP contribution is 2.32. The van der Waals surface area contributed by atoms with E-state index in [9.17, 15) is 0 Å². The fraction of sp³-hybridized carbons (Fsp3) is 1.00. The van der Waals surface area contributed by atoms with Gasteiger partial charge in [-0.3, -0.25) is 0 Å². The molecule has 2 heteroatoms. The van der Waals surface area contributed by atoms with Crippen LogP contribution in [-0.4, -0.2) is 23.6 Å². The lowest BCUT2D eigenvalue weighted by Gasteiger charge is -2.38. The Hall–Kier alpha value is 0.310. The fourth-order valence-corrected chi connectivity index (χ4v) is 4.77. The van der Waals surface area contributed by atoms with Crippen molar-refractivity contribution in [2.75, 3.05) is 6.26 Å². The van der Waals surface area contributed by atoms with E-state index >= 15 is 0 Å². The van der Waals surface area contributed by atoms with Crippen molar-refractivity contribution in [2.24, 2.45) is 11.8 Å². The monoisotopic (exact) mass is 269 g/mol. The highest BCUT2D eigenvalue weighted by atomic mass is 32.2. The number of hydrogen-bond donors (Lipinski definition) is 1. The van der Waals surface area contributed by atoms with Crippen LogP contribution in [0.4, 0.5) is 0 Å². The van der Waals surface area contributed by atoms with E-state index in [1.54, 1.807) is 0 Å². The number of hydrogen-bond acceptors (Lipinski definition) is 2. The normalized spacial score (nSPS) is 38.0. The van der Waals surface area contributed by atoms with E-state index in [-0.39, 0.29) is 0 Å². The Morgan fingerprint density at radius 1 is 0.944 bits per heavy atom. The van der Waals surface area contributed by atoms with Crippen LogP contribution in [0.5, 0.6) is 0 Å². The van der Waals surface area contributed by atoms with Gasteiger partial charge in [0.05, 0.1) is 0 Å². The summed E-state index contributed by atoms with van der Waals surface area (Å²) < 4.78 is 0. The van der Waals surface area contributed by atoms with Crippen LogP contribution >= 0.6 is 11.8 Å². The van der Waals surface area contributed by atoms with E-state index in [1.807, 2.05) is 0 Å². The molecule has 0 aromatic carbocycles. The molecule has 0 saturated heterocycles. The summed E-state index contributed by atoms with van der Waals surface area (Å²) in [5.41, 5.74) is 0. The Morgan fingerprint density at radius 2 is 1.61 bits per heavy atom. The maximum atomic E-state index is 4.00. The third-order valence-corrected chi connectivity index (χ3v) is 6.34. The average Bonchev–Trinajstić information content (AvgIpc) is 2.40. The van der Waals surface area contributed by atoms with Gasteiger partial charge in [-0.1, -0.05) is 26.7 Å². The first-order valence-electron chi connectivity index (χ1n) is 7.99. The van der Waals surface area contributed by atoms with Gasteiger partial charge in [0.2, 0.25) is 0 Å². The number of rotatable bonds is 4. The predicted octanol–water partition coefficient (Wildman–Crippen LogP) is 4.47. The first kappa shape index (κ1) is 14.7. The zero-order valence-corrected chi connectivity index (χ0v) is 13.3. The van der Waals surface area contributed by atoms with Gasteiger partial charge in [0, 0.05) is 17.3 Å². The van der Waals surface area contributed by atoms with Crippen molar-refractivity contribution in [3.05, 3.63) is 0 Å². The largest absolute Gasteiger partial charge is 0.310 e. The molecule has 0 aliphatic heterocycles. The second-order valence-corrected chi connectivity index (χ2v) is 7.76. The molecule has 18 heavy (non-hydrogen) atoms. The summed E-state index contributed by atoms with van der Waals surface area (Å²) in [4.78, 5) is 0. The minimum Gasteiger partial charge on any atom is -0.310 e. The van der Waals surface area contributed by atoms with Crippen molar-refractivity contribution < 1.29 is 0 Å². The van der Waals surface area contributed by atoms with Crippen molar-refractivity contribution in [2.45, 2.75) is 82.5 Å². The van der Waals surface area contributed by atoms with E-state index < -0.39 is 0 Å². The molecule has 2 saturated carbocycles. The molecule has 2 aliphatic rings. The van der Waals surface area contributed by atoms with Crippen molar-refractivity contribution >= 4 is 11.8 Å². The molecule has 0 aromatic rings. The van der Waals surface area contributed by atoms with Gasteiger partial charge in [-0.05, 0) is 56.6 Å². The molecule has 2 atom stereocenters. The smallest absolute Gasteiger partial charge is 0.0198 e. The molecule has 2 unspecified atom stereocenters. The summed E-state index contributed by atoms with van der Waals surface area (Å²) in [6, 6.07) is 1.62. The highest BCUT2D eigenvalue weighted by molar-refractivity contribution is 7.99. The van der Waals surface area contributed by atoms with Crippen LogP contribution in [0.25, 0.3) is 0 Å². The van der Waals surface area contributed by atoms with Crippen LogP contribution < -0.4 is 5.32 Å². The molecule has 0 heterocycles. The summed E-state index contributed by atoms with van der Waals surface area (Å²) in [7, 11) is 0. The summed E-state index contributed by atoms with van der Waals surface area (Å²) >= 11 is 2.09. The second kappa shape index (κ2) is 7.19. The molecule has 1 N–H and O–H groups in total. The first-order chi connectivity index (χ1) is 8.70. The van der Waals surface area contributed by atoms with Crippen molar-refractivity contribution in [3.8, 4) is 0 Å². The van der Waals surface area contributed by atoms with Gasteiger partial charge in [0.25, 0.3) is 0 Å². The van der Waals surface area contributed by atoms with Crippen molar-refractivity contribution in [1.82, 2.24) is 5.32 Å². The van der Waals surface area contributed by atoms with E-state index in [2.05, 4.69) is 37.2 Å². The zero-order valence-electron chi connectivity index (χ0n) is 12.5. The van der Waals surface area contributed by atoms with Crippen LogP contribution in [0.15, 0.2) is 0 Å². The Bertz CT molecular complexity index is 233. The fourth-order valence-electron chi connectivity index (χ4n) is 3.82. The Labute approximate surface area is 118 Å². The van der Waals surface area contributed by atoms with E-state index in [1.165, 1.54) is 51.4 Å². The lowest BCUT2D eigenvalue weighted by atomic mass is 9.79. The Kier molecular flexibility index (Phi) is 5.88. The Balaban J connectivity index is 1.76. The summed E-state index contributed by atoms with van der Waals surface area (Å²) in [5.74, 6) is 1.88. The quantitative estimate of drug-likeness (QED) is 0.808. The maximum absolute atomic E-state index is 4.00. The van der Waals surface area contributed by atoms with Crippen LogP contribution in [0.2, 0.25) is 0 Å². The number of nitrogens with one attached hydrogen (secondary N) is 1. The third kappa shape index (κ3) is 3.90. The van der Waals surface area contributed by atoms with Gasteiger partial charge in [-0.15, -0.1) is 0 Å². The number of thioether (sulfide) groups is 1. The first-order valence-corrected chi connectivity index (χ1v) is 9.28. The van der Waals surface area contributed by atoms with Crippen molar-refractivity contribution in [1.29, 1.82) is 0 Å². The average molecular weight is 269 g/mol. The molecule has 0 amide bonds. The van der Waals surface area contributed by atoms with Gasteiger partial charge < -0.3 is 5.32 Å². The standard InChI is InChI=1S/C16H31NS/c1-12(2)13-8-10-14(11-9-13)17-15-6-4-5-7-16(15)18-3/h12-17H,4-11H2,1-3H3. The maximum Gasteiger partial charge on any atom is 0.0198 e. The Morgan fingerprint density at radius 3 is 2.22 bits per heavy atom. The summed E-state index contributed by atoms with van der Waals surface area (Å²) in [5, 5.41) is 4.87. The predicted molar refractivity (Wildman–Crippen MR) is 83.3 cm³/mol.